The second-order valence-corrected chi connectivity index (χ2v) is 6.89. The van der Waals surface area contributed by atoms with Crippen molar-refractivity contribution in [2.45, 2.75) is 13.1 Å². The molecular formula is C17H14FNOS2. The lowest BCUT2D eigenvalue weighted by atomic mass is 10.2. The Bertz CT molecular complexity index is 684. The topological polar surface area (TPSA) is 20.3 Å². The quantitative estimate of drug-likeness (QED) is 0.658. The summed E-state index contributed by atoms with van der Waals surface area (Å²) in [5.41, 5.74) is 0.509. The maximum Gasteiger partial charge on any atom is 0.254 e. The van der Waals surface area contributed by atoms with E-state index < -0.39 is 0 Å². The molecule has 0 N–H and O–H groups in total. The maximum atomic E-state index is 13.0. The van der Waals surface area contributed by atoms with E-state index in [1.807, 2.05) is 35.0 Å². The molecule has 5 heteroatoms. The van der Waals surface area contributed by atoms with Crippen molar-refractivity contribution in [2.75, 3.05) is 0 Å². The third-order valence-corrected chi connectivity index (χ3v) is 4.95. The molecule has 112 valence electrons. The molecule has 0 aliphatic carbocycles. The Kier molecular flexibility index (Phi) is 4.65. The molecule has 2 nitrogen and oxygen atoms in total. The highest BCUT2D eigenvalue weighted by atomic mass is 32.1. The summed E-state index contributed by atoms with van der Waals surface area (Å²) < 4.78 is 13.0. The molecule has 3 rings (SSSR count). The summed E-state index contributed by atoms with van der Waals surface area (Å²) in [5, 5.41) is 4.00. The summed E-state index contributed by atoms with van der Waals surface area (Å²) in [6.45, 7) is 1.12. The van der Waals surface area contributed by atoms with Crippen LogP contribution in [0.3, 0.4) is 0 Å². The van der Waals surface area contributed by atoms with Crippen LogP contribution >= 0.6 is 22.7 Å². The highest BCUT2D eigenvalue weighted by Crippen LogP contribution is 2.19. The zero-order chi connectivity index (χ0) is 15.4. The zero-order valence-corrected chi connectivity index (χ0v) is 13.4. The number of thiophene rings is 2. The summed E-state index contributed by atoms with van der Waals surface area (Å²) >= 11 is 3.26. The Morgan fingerprint density at radius 3 is 1.91 bits per heavy atom. The van der Waals surface area contributed by atoms with Gasteiger partial charge in [-0.05, 0) is 47.2 Å². The van der Waals surface area contributed by atoms with Crippen molar-refractivity contribution in [3.8, 4) is 0 Å². The number of hydrogen-bond acceptors (Lipinski definition) is 3. The molecule has 0 saturated carbocycles. The first-order chi connectivity index (χ1) is 10.7. The minimum atomic E-state index is -0.334. The van der Waals surface area contributed by atoms with Gasteiger partial charge in [0.15, 0.2) is 0 Å². The van der Waals surface area contributed by atoms with Gasteiger partial charge in [0.2, 0.25) is 0 Å². The summed E-state index contributed by atoms with van der Waals surface area (Å²) in [6, 6.07) is 13.7. The van der Waals surface area contributed by atoms with Crippen molar-refractivity contribution < 1.29 is 9.18 Å². The fourth-order valence-electron chi connectivity index (χ4n) is 2.16. The number of carbonyl (C=O) groups is 1. The summed E-state index contributed by atoms with van der Waals surface area (Å²) in [5.74, 6) is -0.415. The highest BCUT2D eigenvalue weighted by molar-refractivity contribution is 7.10. The molecular weight excluding hydrogens is 317 g/mol. The van der Waals surface area contributed by atoms with Crippen LogP contribution in [0.2, 0.25) is 0 Å². The number of amides is 1. The third kappa shape index (κ3) is 3.61. The number of nitrogens with zero attached hydrogens (tertiary/aromatic N) is 1. The maximum absolute atomic E-state index is 13.0. The molecule has 0 aliphatic rings. The third-order valence-electron chi connectivity index (χ3n) is 3.23. The Labute approximate surface area is 136 Å². The van der Waals surface area contributed by atoms with E-state index in [9.17, 15) is 9.18 Å². The van der Waals surface area contributed by atoms with Gasteiger partial charge in [0.1, 0.15) is 5.82 Å². The fourth-order valence-corrected chi connectivity index (χ4v) is 3.59. The number of carbonyl (C=O) groups excluding carboxylic acids is 1. The molecule has 1 aromatic carbocycles. The van der Waals surface area contributed by atoms with E-state index in [1.54, 1.807) is 27.6 Å². The zero-order valence-electron chi connectivity index (χ0n) is 11.7. The van der Waals surface area contributed by atoms with E-state index in [0.29, 0.717) is 18.7 Å². The van der Waals surface area contributed by atoms with Gasteiger partial charge in [0.05, 0.1) is 13.1 Å². The fraction of sp³-hybridized carbons (Fsp3) is 0.118. The molecule has 3 aromatic rings. The standard InChI is InChI=1S/C17H14FNOS2/c18-14-7-5-13(6-8-14)17(20)19(11-15-3-1-9-21-15)12-16-4-2-10-22-16/h1-10H,11-12H2. The van der Waals surface area contributed by atoms with Crippen molar-refractivity contribution in [3.05, 3.63) is 80.4 Å². The molecule has 0 bridgehead atoms. The lowest BCUT2D eigenvalue weighted by Crippen LogP contribution is -2.29. The van der Waals surface area contributed by atoms with Crippen LogP contribution in [0.25, 0.3) is 0 Å². The molecule has 0 unspecified atom stereocenters. The van der Waals surface area contributed by atoms with Crippen LogP contribution < -0.4 is 0 Å². The first kappa shape index (κ1) is 14.9. The van der Waals surface area contributed by atoms with E-state index in [-0.39, 0.29) is 11.7 Å². The molecule has 2 aromatic heterocycles. The second-order valence-electron chi connectivity index (χ2n) is 4.83. The molecule has 0 atom stereocenters. The lowest BCUT2D eigenvalue weighted by Gasteiger charge is -2.21. The first-order valence-corrected chi connectivity index (χ1v) is 8.58. The summed E-state index contributed by atoms with van der Waals surface area (Å²) in [7, 11) is 0. The number of hydrogen-bond donors (Lipinski definition) is 0. The minimum Gasteiger partial charge on any atom is -0.328 e. The van der Waals surface area contributed by atoms with Gasteiger partial charge in [-0.1, -0.05) is 12.1 Å². The van der Waals surface area contributed by atoms with Crippen molar-refractivity contribution in [1.82, 2.24) is 4.90 Å². The smallest absolute Gasteiger partial charge is 0.254 e. The monoisotopic (exact) mass is 331 g/mol. The molecule has 22 heavy (non-hydrogen) atoms. The van der Waals surface area contributed by atoms with Gasteiger partial charge in [-0.2, -0.15) is 0 Å². The summed E-state index contributed by atoms with van der Waals surface area (Å²) in [6.07, 6.45) is 0. The van der Waals surface area contributed by atoms with Gasteiger partial charge in [-0.25, -0.2) is 4.39 Å². The average Bonchev–Trinajstić information content (AvgIpc) is 3.20. The van der Waals surface area contributed by atoms with Gasteiger partial charge in [0.25, 0.3) is 5.91 Å². The number of rotatable bonds is 5. The molecule has 1 amide bonds. The van der Waals surface area contributed by atoms with Crippen LogP contribution in [-0.2, 0) is 13.1 Å². The predicted molar refractivity (Wildman–Crippen MR) is 88.6 cm³/mol. The SMILES string of the molecule is O=C(c1ccc(F)cc1)N(Cc1cccs1)Cc1cccs1. The van der Waals surface area contributed by atoms with E-state index in [1.165, 1.54) is 24.3 Å². The number of benzene rings is 1. The van der Waals surface area contributed by atoms with Crippen molar-refractivity contribution >= 4 is 28.6 Å². The van der Waals surface area contributed by atoms with Gasteiger partial charge in [0, 0.05) is 15.3 Å². The van der Waals surface area contributed by atoms with Gasteiger partial charge < -0.3 is 4.90 Å². The summed E-state index contributed by atoms with van der Waals surface area (Å²) in [4.78, 5) is 16.8. The van der Waals surface area contributed by atoms with Gasteiger partial charge in [-0.3, -0.25) is 4.79 Å². The van der Waals surface area contributed by atoms with Crippen LogP contribution in [0.5, 0.6) is 0 Å². The Morgan fingerprint density at radius 2 is 1.45 bits per heavy atom. The van der Waals surface area contributed by atoms with Gasteiger partial charge >= 0.3 is 0 Å². The largest absolute Gasteiger partial charge is 0.328 e. The Morgan fingerprint density at radius 1 is 0.909 bits per heavy atom. The molecule has 0 fully saturated rings. The first-order valence-electron chi connectivity index (χ1n) is 6.82. The molecule has 0 saturated heterocycles. The molecule has 0 radical (unpaired) electrons. The van der Waals surface area contributed by atoms with Crippen molar-refractivity contribution in [1.29, 1.82) is 0 Å². The van der Waals surface area contributed by atoms with Crippen LogP contribution in [0, 0.1) is 5.82 Å². The predicted octanol–water partition coefficient (Wildman–Crippen LogP) is 4.79. The normalized spacial score (nSPS) is 10.6. The van der Waals surface area contributed by atoms with Crippen LogP contribution in [0.15, 0.2) is 59.3 Å². The Balaban J connectivity index is 1.83. The van der Waals surface area contributed by atoms with Gasteiger partial charge in [-0.15, -0.1) is 22.7 Å². The van der Waals surface area contributed by atoms with Crippen molar-refractivity contribution in [2.24, 2.45) is 0 Å². The average molecular weight is 331 g/mol. The Hall–Kier alpha value is -1.98. The highest BCUT2D eigenvalue weighted by Gasteiger charge is 2.17. The van der Waals surface area contributed by atoms with Crippen LogP contribution in [-0.4, -0.2) is 10.8 Å². The minimum absolute atomic E-state index is 0.0817. The molecule has 0 aliphatic heterocycles. The second kappa shape index (κ2) is 6.85. The molecule has 0 spiro atoms. The van der Waals surface area contributed by atoms with E-state index in [0.717, 1.165) is 9.75 Å². The van der Waals surface area contributed by atoms with Crippen LogP contribution in [0.4, 0.5) is 4.39 Å². The van der Waals surface area contributed by atoms with E-state index in [4.69, 9.17) is 0 Å². The van der Waals surface area contributed by atoms with Crippen LogP contribution in [0.1, 0.15) is 20.1 Å². The van der Waals surface area contributed by atoms with E-state index in [2.05, 4.69) is 0 Å². The van der Waals surface area contributed by atoms with E-state index >= 15 is 0 Å². The number of halogens is 1. The van der Waals surface area contributed by atoms with Crippen molar-refractivity contribution in [3.63, 3.8) is 0 Å². The lowest BCUT2D eigenvalue weighted by molar-refractivity contribution is 0.0733. The molecule has 2 heterocycles.